The van der Waals surface area contributed by atoms with Crippen molar-refractivity contribution in [1.29, 1.82) is 0 Å². The van der Waals surface area contributed by atoms with Gasteiger partial charge in [0, 0.05) is 30.7 Å². The highest BCUT2D eigenvalue weighted by Crippen LogP contribution is 2.70. The molecule has 0 radical (unpaired) electrons. The van der Waals surface area contributed by atoms with Gasteiger partial charge in [-0.3, -0.25) is 4.79 Å². The first-order chi connectivity index (χ1) is 28.5. The predicted octanol–water partition coefficient (Wildman–Crippen LogP) is 5.91. The number of dihydropyridines is 1. The van der Waals surface area contributed by atoms with Crippen LogP contribution >= 0.6 is 0 Å². The highest BCUT2D eigenvalue weighted by molar-refractivity contribution is 6.00. The standard InChI is InChI=1S/C49H81N3O8/c1-7-9-10-24-59-45(44-30(4)33-15-12-31(11-8-2)13-16-38(33)60-44)47(6,57)39-20-23-49(58)41-34(19-21-46(39,49)5)48(22-18-32-14-17-40(50)51-28-32)26-37(55)36(54)25-35(48)43(56)42(41)52-27-29(3)53/h14,17,28-31,33-40,44-45,51-55,57-58H,7-13,15-16,18-27,50H2,1-6H3/t29-,30-,31+,33-,34-,35-,36+,37-,38+,39-,40?,44+,45+,46+,47+,48+,49+/m0/s1. The maximum atomic E-state index is 15.1. The first-order valence-corrected chi connectivity index (χ1v) is 24.2. The number of aliphatic hydroxyl groups excluding tert-OH is 3. The molecule has 4 saturated carbocycles. The maximum absolute atomic E-state index is 15.1. The van der Waals surface area contributed by atoms with Crippen LogP contribution in [0.3, 0.4) is 0 Å². The van der Waals surface area contributed by atoms with Crippen LogP contribution in [0.15, 0.2) is 35.2 Å². The Morgan fingerprint density at radius 1 is 1.07 bits per heavy atom. The number of rotatable bonds is 16. The van der Waals surface area contributed by atoms with Crippen LogP contribution in [0.2, 0.25) is 0 Å². The van der Waals surface area contributed by atoms with Crippen molar-refractivity contribution >= 4 is 5.78 Å². The summed E-state index contributed by atoms with van der Waals surface area (Å²) >= 11 is 0. The van der Waals surface area contributed by atoms with Gasteiger partial charge in [-0.2, -0.15) is 0 Å². The molecule has 17 atom stereocenters. The van der Waals surface area contributed by atoms with Crippen LogP contribution in [-0.4, -0.2) is 98.5 Å². The van der Waals surface area contributed by atoms with Crippen LogP contribution in [0.1, 0.15) is 151 Å². The number of ether oxygens (including phenoxy) is 2. The zero-order chi connectivity index (χ0) is 43.2. The van der Waals surface area contributed by atoms with Gasteiger partial charge in [-0.1, -0.05) is 65.9 Å². The molecule has 60 heavy (non-hydrogen) atoms. The quantitative estimate of drug-likeness (QED) is 0.0864. The van der Waals surface area contributed by atoms with Gasteiger partial charge in [0.05, 0.1) is 53.6 Å². The molecule has 5 aliphatic carbocycles. The molecule has 7 aliphatic rings. The van der Waals surface area contributed by atoms with Gasteiger partial charge in [-0.15, -0.1) is 0 Å². The number of Topliss-reactive ketones (excluding diaryl/α,β-unsaturated/α-hetero) is 1. The van der Waals surface area contributed by atoms with Crippen molar-refractivity contribution in [2.45, 2.75) is 205 Å². The zero-order valence-corrected chi connectivity index (χ0v) is 37.7. The second kappa shape index (κ2) is 18.3. The lowest BCUT2D eigenvalue weighted by Gasteiger charge is -2.62. The lowest BCUT2D eigenvalue weighted by molar-refractivity contribution is -0.214. The summed E-state index contributed by atoms with van der Waals surface area (Å²) in [6, 6.07) is 0. The average Bonchev–Trinajstić information content (AvgIpc) is 3.58. The Morgan fingerprint density at radius 3 is 2.53 bits per heavy atom. The van der Waals surface area contributed by atoms with E-state index in [1.807, 2.05) is 25.3 Å². The fourth-order valence-corrected chi connectivity index (χ4v) is 14.3. The van der Waals surface area contributed by atoms with Crippen LogP contribution in [0.25, 0.3) is 0 Å². The van der Waals surface area contributed by atoms with E-state index in [1.165, 1.54) is 25.7 Å². The second-order valence-electron chi connectivity index (χ2n) is 21.2. The van der Waals surface area contributed by atoms with E-state index >= 15 is 4.79 Å². The highest BCUT2D eigenvalue weighted by Gasteiger charge is 2.72. The second-order valence-corrected chi connectivity index (χ2v) is 21.2. The highest BCUT2D eigenvalue weighted by atomic mass is 16.6. The minimum absolute atomic E-state index is 0.131. The average molecular weight is 840 g/mol. The SMILES string of the molecule is CCCCCO[C@H]([C@@H]1O[C@@H]2CC[C@H](CCC)CC[C@H]2[C@@H]1C)[C@](C)(O)[C@H]1CC[C@@]2(O)C3=C(NC[C@H](C)O)C(=O)[C@@H]4C[C@@H](O)[C@@H](O)C[C@]4(CCC4=CNC(N)C=C4)[C@H]3CC[C@]12C. The van der Waals surface area contributed by atoms with E-state index in [4.69, 9.17) is 15.2 Å². The molecule has 0 bridgehead atoms. The number of unbranched alkanes of at least 4 members (excludes halogenated alkanes) is 2. The molecule has 0 aromatic heterocycles. The largest absolute Gasteiger partial charge is 0.392 e. The molecule has 0 amide bonds. The molecule has 11 heteroatoms. The molecule has 5 fully saturated rings. The van der Waals surface area contributed by atoms with Crippen molar-refractivity contribution in [2.24, 2.45) is 52.1 Å². The molecule has 0 aromatic rings. The number of fused-ring (bicyclic) bond motifs is 6. The Balaban J connectivity index is 1.25. The minimum Gasteiger partial charge on any atom is -0.392 e. The molecule has 0 spiro atoms. The summed E-state index contributed by atoms with van der Waals surface area (Å²) in [5.74, 6) is -0.0111. The lowest BCUT2D eigenvalue weighted by atomic mass is 9.43. The Bertz CT molecular complexity index is 1610. The molecular weight excluding hydrogens is 759 g/mol. The summed E-state index contributed by atoms with van der Waals surface area (Å²) in [5.41, 5.74) is 3.74. The summed E-state index contributed by atoms with van der Waals surface area (Å²) in [6.07, 6.45) is 15.9. The van der Waals surface area contributed by atoms with Crippen molar-refractivity contribution < 1.29 is 39.8 Å². The summed E-state index contributed by atoms with van der Waals surface area (Å²) in [6.45, 7) is 13.2. The fraction of sp³-hybridized carbons (Fsp3) is 0.857. The Labute approximate surface area is 360 Å². The minimum atomic E-state index is -1.46. The van der Waals surface area contributed by atoms with Crippen molar-refractivity contribution in [3.63, 3.8) is 0 Å². The van der Waals surface area contributed by atoms with E-state index in [9.17, 15) is 25.5 Å². The number of carbonyl (C=O) groups excluding carboxylic acids is 1. The Hall–Kier alpha value is -1.83. The third kappa shape index (κ3) is 8.23. The first-order valence-electron chi connectivity index (χ1n) is 24.2. The van der Waals surface area contributed by atoms with Crippen molar-refractivity contribution in [3.8, 4) is 0 Å². The molecule has 2 heterocycles. The van der Waals surface area contributed by atoms with Crippen LogP contribution in [0.5, 0.6) is 0 Å². The van der Waals surface area contributed by atoms with E-state index in [2.05, 4.69) is 38.3 Å². The van der Waals surface area contributed by atoms with Gasteiger partial charge < -0.3 is 51.4 Å². The number of nitrogens with one attached hydrogen (secondary N) is 2. The normalized spacial score (nSPS) is 43.4. The number of hydrogen-bond donors (Lipinski definition) is 8. The molecule has 1 unspecified atom stereocenters. The maximum Gasteiger partial charge on any atom is 0.182 e. The van der Waals surface area contributed by atoms with Crippen LogP contribution < -0.4 is 16.4 Å². The molecule has 9 N–H and O–H groups in total. The van der Waals surface area contributed by atoms with Crippen molar-refractivity contribution in [2.75, 3.05) is 13.2 Å². The fourth-order valence-electron chi connectivity index (χ4n) is 14.3. The third-order valence-electron chi connectivity index (χ3n) is 17.5. The first kappa shape index (κ1) is 46.2. The number of nitrogens with two attached hydrogens (primary N) is 1. The van der Waals surface area contributed by atoms with E-state index in [0.717, 1.165) is 43.6 Å². The number of carbonyl (C=O) groups is 1. The summed E-state index contributed by atoms with van der Waals surface area (Å²) in [7, 11) is 0. The number of aliphatic hydroxyl groups is 5. The van der Waals surface area contributed by atoms with Gasteiger partial charge in [-0.25, -0.2) is 0 Å². The van der Waals surface area contributed by atoms with Gasteiger partial charge in [-0.05, 0) is 143 Å². The topological polar surface area (TPSA) is 187 Å². The monoisotopic (exact) mass is 840 g/mol. The summed E-state index contributed by atoms with van der Waals surface area (Å²) in [4.78, 5) is 15.1. The van der Waals surface area contributed by atoms with Gasteiger partial charge in [0.25, 0.3) is 0 Å². The van der Waals surface area contributed by atoms with E-state index in [-0.39, 0.29) is 61.3 Å². The lowest BCUT2D eigenvalue weighted by Crippen LogP contribution is -2.66. The number of hydrogen-bond acceptors (Lipinski definition) is 11. The molecular formula is C49H81N3O8. The van der Waals surface area contributed by atoms with Gasteiger partial charge in [0.15, 0.2) is 5.78 Å². The van der Waals surface area contributed by atoms with E-state index in [1.54, 1.807) is 6.92 Å². The summed E-state index contributed by atoms with van der Waals surface area (Å²) in [5, 5.41) is 66.6. The Morgan fingerprint density at radius 2 is 1.83 bits per heavy atom. The smallest absolute Gasteiger partial charge is 0.182 e. The van der Waals surface area contributed by atoms with Crippen molar-refractivity contribution in [1.82, 2.24) is 10.6 Å². The van der Waals surface area contributed by atoms with E-state index in [0.29, 0.717) is 62.3 Å². The van der Waals surface area contributed by atoms with Crippen LogP contribution in [-0.2, 0) is 14.3 Å². The van der Waals surface area contributed by atoms with Gasteiger partial charge in [0.2, 0.25) is 0 Å². The molecule has 11 nitrogen and oxygen atoms in total. The molecule has 0 aromatic carbocycles. The molecule has 340 valence electrons. The predicted molar refractivity (Wildman–Crippen MR) is 233 cm³/mol. The summed E-state index contributed by atoms with van der Waals surface area (Å²) < 4.78 is 14.0. The zero-order valence-electron chi connectivity index (χ0n) is 37.7. The molecule has 1 saturated heterocycles. The van der Waals surface area contributed by atoms with E-state index < -0.39 is 52.4 Å². The third-order valence-corrected chi connectivity index (χ3v) is 17.5. The number of ketones is 1. The molecule has 2 aliphatic heterocycles. The Kier molecular flexibility index (Phi) is 14.1. The molecule has 7 rings (SSSR count). The van der Waals surface area contributed by atoms with Gasteiger partial charge in [0.1, 0.15) is 6.10 Å². The van der Waals surface area contributed by atoms with Crippen LogP contribution in [0, 0.1) is 46.3 Å². The van der Waals surface area contributed by atoms with Crippen LogP contribution in [0.4, 0.5) is 0 Å². The van der Waals surface area contributed by atoms with Crippen molar-refractivity contribution in [3.05, 3.63) is 35.2 Å². The number of allylic oxidation sites excluding steroid dienone is 3. The van der Waals surface area contributed by atoms with Gasteiger partial charge >= 0.3 is 0 Å².